The predicted octanol–water partition coefficient (Wildman–Crippen LogP) is 6.51. The third-order valence-corrected chi connectivity index (χ3v) is 12.9. The van der Waals surface area contributed by atoms with Gasteiger partial charge in [-0.2, -0.15) is 0 Å². The van der Waals surface area contributed by atoms with E-state index < -0.39 is 5.97 Å². The summed E-state index contributed by atoms with van der Waals surface area (Å²) in [5, 5.41) is 0. The Hall–Kier alpha value is -0.900. The smallest absolute Gasteiger partial charge is 0.280 e. The van der Waals surface area contributed by atoms with Crippen molar-refractivity contribution in [3.8, 4) is 0 Å². The molecular weight excluding hydrogens is 432 g/mol. The van der Waals surface area contributed by atoms with Crippen LogP contribution >= 0.6 is 0 Å². The lowest BCUT2D eigenvalue weighted by Gasteiger charge is -2.44. The van der Waals surface area contributed by atoms with Crippen LogP contribution in [0.1, 0.15) is 64.7 Å². The molecule has 9 rings (SSSR count). The standard InChI is InChI=1S/C32H42O3/c1-32(33-29-14-17-11-26(29)23-8-2-5-20(17)23,34-30-15-18-12-27(30)24-9-3-6-21(18)24)35-31-16-19-13-28(31)25-10-4-7-22(19)25/h2-7,17-31H,8-16H2,1H3. The van der Waals surface area contributed by atoms with Crippen LogP contribution in [-0.2, 0) is 14.2 Å². The average molecular weight is 475 g/mol. The molecule has 0 spiro atoms. The van der Waals surface area contributed by atoms with Gasteiger partial charge in [0.1, 0.15) is 0 Å². The van der Waals surface area contributed by atoms with Crippen LogP contribution in [-0.4, -0.2) is 24.3 Å². The van der Waals surface area contributed by atoms with Gasteiger partial charge in [0.15, 0.2) is 0 Å². The summed E-state index contributed by atoms with van der Waals surface area (Å²) in [6.07, 6.45) is 27.2. The van der Waals surface area contributed by atoms with Crippen molar-refractivity contribution < 1.29 is 14.2 Å². The van der Waals surface area contributed by atoms with E-state index in [1.807, 2.05) is 0 Å². The number of hydrogen-bond donors (Lipinski definition) is 0. The fraction of sp³-hybridized carbons (Fsp3) is 0.812. The van der Waals surface area contributed by atoms with E-state index in [-0.39, 0.29) is 0 Å². The fourth-order valence-corrected chi connectivity index (χ4v) is 11.8. The molecule has 188 valence electrons. The molecule has 0 amide bonds. The maximum Gasteiger partial charge on any atom is 0.280 e. The van der Waals surface area contributed by atoms with Crippen LogP contribution in [0.3, 0.4) is 0 Å². The Bertz CT molecular complexity index is 860. The number of rotatable bonds is 6. The molecule has 9 aliphatic rings. The molecule has 6 fully saturated rings. The summed E-state index contributed by atoms with van der Waals surface area (Å²) < 4.78 is 21.3. The Balaban J connectivity index is 0.966. The van der Waals surface area contributed by atoms with Crippen LogP contribution in [0, 0.1) is 71.0 Å². The first kappa shape index (κ1) is 21.1. The lowest BCUT2D eigenvalue weighted by Crippen LogP contribution is -2.50. The molecule has 0 radical (unpaired) electrons. The molecule has 3 nitrogen and oxygen atoms in total. The van der Waals surface area contributed by atoms with Crippen molar-refractivity contribution in [3.63, 3.8) is 0 Å². The van der Waals surface area contributed by atoms with Gasteiger partial charge in [-0.3, -0.25) is 0 Å². The lowest BCUT2D eigenvalue weighted by atomic mass is 9.79. The molecule has 6 bridgehead atoms. The maximum absolute atomic E-state index is 7.10. The van der Waals surface area contributed by atoms with Crippen molar-refractivity contribution in [1.82, 2.24) is 0 Å². The zero-order chi connectivity index (χ0) is 22.9. The lowest BCUT2D eigenvalue weighted by molar-refractivity contribution is -0.420. The molecule has 0 N–H and O–H groups in total. The van der Waals surface area contributed by atoms with Gasteiger partial charge in [0.25, 0.3) is 5.97 Å². The molecule has 0 aromatic heterocycles. The van der Waals surface area contributed by atoms with E-state index in [9.17, 15) is 0 Å². The van der Waals surface area contributed by atoms with E-state index in [2.05, 4.69) is 43.4 Å². The summed E-state index contributed by atoms with van der Waals surface area (Å²) >= 11 is 0. The molecule has 9 aliphatic carbocycles. The van der Waals surface area contributed by atoms with Crippen LogP contribution in [0.15, 0.2) is 36.5 Å². The normalized spacial score (nSPS) is 59.1. The molecule has 15 atom stereocenters. The third kappa shape index (κ3) is 2.95. The second-order valence-electron chi connectivity index (χ2n) is 14.2. The van der Waals surface area contributed by atoms with E-state index in [1.54, 1.807) is 0 Å². The summed E-state index contributed by atoms with van der Waals surface area (Å²) in [6, 6.07) is 0. The van der Waals surface area contributed by atoms with Crippen molar-refractivity contribution in [2.24, 2.45) is 71.0 Å². The molecule has 6 saturated carbocycles. The van der Waals surface area contributed by atoms with Crippen molar-refractivity contribution in [2.45, 2.75) is 89.0 Å². The first-order valence-corrected chi connectivity index (χ1v) is 15.2. The summed E-state index contributed by atoms with van der Waals surface area (Å²) in [4.78, 5) is 0. The highest BCUT2D eigenvalue weighted by Crippen LogP contribution is 2.61. The molecule has 3 heteroatoms. The Morgan fingerprint density at radius 3 is 1.17 bits per heavy atom. The van der Waals surface area contributed by atoms with Gasteiger partial charge in [-0.25, -0.2) is 0 Å². The summed E-state index contributed by atoms with van der Waals surface area (Å²) in [5.74, 6) is 8.54. The molecule has 0 aromatic rings. The zero-order valence-corrected chi connectivity index (χ0v) is 21.2. The minimum Gasteiger partial charge on any atom is -0.324 e. The molecule has 0 aromatic carbocycles. The molecule has 0 saturated heterocycles. The van der Waals surface area contributed by atoms with Crippen LogP contribution in [0.5, 0.6) is 0 Å². The van der Waals surface area contributed by atoms with Gasteiger partial charge in [0.2, 0.25) is 0 Å². The van der Waals surface area contributed by atoms with Gasteiger partial charge < -0.3 is 14.2 Å². The van der Waals surface area contributed by atoms with Crippen LogP contribution < -0.4 is 0 Å². The highest BCUT2D eigenvalue weighted by Gasteiger charge is 2.59. The molecular formula is C32H42O3. The Labute approximate surface area is 210 Å². The van der Waals surface area contributed by atoms with E-state index in [1.165, 1.54) is 57.8 Å². The van der Waals surface area contributed by atoms with Gasteiger partial charge in [0, 0.05) is 6.92 Å². The second-order valence-corrected chi connectivity index (χ2v) is 14.2. The summed E-state index contributed by atoms with van der Waals surface area (Å²) in [6.45, 7) is 2.18. The first-order chi connectivity index (χ1) is 17.1. The van der Waals surface area contributed by atoms with Crippen molar-refractivity contribution in [3.05, 3.63) is 36.5 Å². The van der Waals surface area contributed by atoms with E-state index in [0.29, 0.717) is 36.1 Å². The Morgan fingerprint density at radius 2 is 0.829 bits per heavy atom. The number of ether oxygens (including phenoxy) is 3. The number of fused-ring (bicyclic) bond motifs is 15. The van der Waals surface area contributed by atoms with E-state index in [0.717, 1.165) is 53.3 Å². The van der Waals surface area contributed by atoms with Gasteiger partial charge in [-0.05, 0) is 129 Å². The van der Waals surface area contributed by atoms with Gasteiger partial charge in [-0.1, -0.05) is 36.5 Å². The van der Waals surface area contributed by atoms with Crippen molar-refractivity contribution in [1.29, 1.82) is 0 Å². The largest absolute Gasteiger partial charge is 0.324 e. The monoisotopic (exact) mass is 474 g/mol. The predicted molar refractivity (Wildman–Crippen MR) is 134 cm³/mol. The average Bonchev–Trinajstić information content (AvgIpc) is 3.64. The SMILES string of the molecule is CC(OC1CC2CC1C1CC=CC21)(OC1CC2CC1C1CC=CC21)OC1CC2CC1C1CC=CC21. The van der Waals surface area contributed by atoms with Gasteiger partial charge in [-0.15, -0.1) is 0 Å². The van der Waals surface area contributed by atoms with E-state index >= 15 is 0 Å². The summed E-state index contributed by atoms with van der Waals surface area (Å²) in [7, 11) is 0. The van der Waals surface area contributed by atoms with Gasteiger partial charge in [0.05, 0.1) is 18.3 Å². The topological polar surface area (TPSA) is 27.7 Å². The van der Waals surface area contributed by atoms with Crippen molar-refractivity contribution in [2.75, 3.05) is 0 Å². The fourth-order valence-electron chi connectivity index (χ4n) is 11.8. The Morgan fingerprint density at radius 1 is 0.486 bits per heavy atom. The molecule has 0 aliphatic heterocycles. The van der Waals surface area contributed by atoms with Crippen molar-refractivity contribution >= 4 is 0 Å². The van der Waals surface area contributed by atoms with Crippen LogP contribution in [0.25, 0.3) is 0 Å². The second kappa shape index (κ2) is 7.35. The highest BCUT2D eigenvalue weighted by molar-refractivity contribution is 5.17. The summed E-state index contributed by atoms with van der Waals surface area (Å²) in [5.41, 5.74) is 0. The molecule has 35 heavy (non-hydrogen) atoms. The molecule has 15 unspecified atom stereocenters. The first-order valence-electron chi connectivity index (χ1n) is 15.2. The number of allylic oxidation sites excluding steroid dienone is 6. The number of hydrogen-bond acceptors (Lipinski definition) is 3. The Kier molecular flexibility index (Phi) is 4.43. The molecule has 0 heterocycles. The quantitative estimate of drug-likeness (QED) is 0.324. The minimum atomic E-state index is -0.885. The van der Waals surface area contributed by atoms with Gasteiger partial charge >= 0.3 is 0 Å². The van der Waals surface area contributed by atoms with Crippen LogP contribution in [0.2, 0.25) is 0 Å². The maximum atomic E-state index is 7.10. The zero-order valence-electron chi connectivity index (χ0n) is 21.2. The minimum absolute atomic E-state index is 0.310. The van der Waals surface area contributed by atoms with E-state index in [4.69, 9.17) is 14.2 Å². The highest BCUT2D eigenvalue weighted by atomic mass is 16.9. The van der Waals surface area contributed by atoms with Crippen LogP contribution in [0.4, 0.5) is 0 Å². The third-order valence-electron chi connectivity index (χ3n) is 12.9.